The van der Waals surface area contributed by atoms with Crippen molar-refractivity contribution >= 4 is 12.6 Å². The molecule has 2 nitrogen and oxygen atoms in total. The van der Waals surface area contributed by atoms with Gasteiger partial charge in [-0.1, -0.05) is 24.3 Å². The Bertz CT molecular complexity index is 690. The van der Waals surface area contributed by atoms with Gasteiger partial charge >= 0.3 is 7.12 Å². The van der Waals surface area contributed by atoms with E-state index in [0.29, 0.717) is 5.56 Å². The molecule has 5 heteroatoms. The van der Waals surface area contributed by atoms with Crippen molar-refractivity contribution in [1.29, 1.82) is 0 Å². The molecule has 120 valence electrons. The van der Waals surface area contributed by atoms with Gasteiger partial charge in [0.1, 0.15) is 11.6 Å². The van der Waals surface area contributed by atoms with E-state index in [9.17, 15) is 8.78 Å². The van der Waals surface area contributed by atoms with Crippen molar-refractivity contribution in [1.82, 2.24) is 0 Å². The van der Waals surface area contributed by atoms with Crippen LogP contribution in [-0.4, -0.2) is 18.3 Å². The molecular weight excluding hydrogens is 297 g/mol. The Balaban J connectivity index is 1.86. The van der Waals surface area contributed by atoms with Crippen LogP contribution in [0.3, 0.4) is 0 Å². The van der Waals surface area contributed by atoms with Gasteiger partial charge in [-0.25, -0.2) is 8.78 Å². The van der Waals surface area contributed by atoms with E-state index in [1.165, 1.54) is 12.1 Å². The van der Waals surface area contributed by atoms with E-state index in [-0.39, 0.29) is 0 Å². The van der Waals surface area contributed by atoms with E-state index >= 15 is 0 Å². The summed E-state index contributed by atoms with van der Waals surface area (Å²) in [6.07, 6.45) is 0. The van der Waals surface area contributed by atoms with Crippen molar-refractivity contribution in [2.45, 2.75) is 38.9 Å². The van der Waals surface area contributed by atoms with Crippen molar-refractivity contribution in [3.63, 3.8) is 0 Å². The molecule has 0 spiro atoms. The number of benzene rings is 2. The van der Waals surface area contributed by atoms with Gasteiger partial charge in [0.25, 0.3) is 0 Å². The number of rotatable bonds is 2. The predicted molar refractivity (Wildman–Crippen MR) is 87.5 cm³/mol. The van der Waals surface area contributed by atoms with Crippen molar-refractivity contribution < 1.29 is 18.1 Å². The molecular formula is C18H19BF2O2. The monoisotopic (exact) mass is 316 g/mol. The highest BCUT2D eigenvalue weighted by Gasteiger charge is 2.51. The quantitative estimate of drug-likeness (QED) is 0.782. The highest BCUT2D eigenvalue weighted by Crippen LogP contribution is 2.36. The van der Waals surface area contributed by atoms with E-state index in [2.05, 4.69) is 0 Å². The first kappa shape index (κ1) is 16.2. The van der Waals surface area contributed by atoms with E-state index < -0.39 is 30.0 Å². The second kappa shape index (κ2) is 5.43. The molecule has 1 aliphatic rings. The summed E-state index contributed by atoms with van der Waals surface area (Å²) in [5.41, 5.74) is 1.32. The zero-order valence-corrected chi connectivity index (χ0v) is 13.7. The van der Waals surface area contributed by atoms with Crippen LogP contribution in [0.15, 0.2) is 42.5 Å². The lowest BCUT2D eigenvalue weighted by Gasteiger charge is -2.32. The number of halogens is 2. The molecule has 3 rings (SSSR count). The molecule has 0 saturated carbocycles. The average Bonchev–Trinajstić information content (AvgIpc) is 2.66. The molecule has 1 aliphatic heterocycles. The van der Waals surface area contributed by atoms with Crippen molar-refractivity contribution in [2.75, 3.05) is 0 Å². The minimum atomic E-state index is -0.588. The van der Waals surface area contributed by atoms with Gasteiger partial charge in [0.15, 0.2) is 0 Å². The van der Waals surface area contributed by atoms with E-state index in [4.69, 9.17) is 9.31 Å². The SMILES string of the molecule is CC1(C)OB(c2ccc(-c3cc(F)cc(F)c3)cc2)OC1(C)C. The fraction of sp³-hybridized carbons (Fsp3) is 0.333. The maximum Gasteiger partial charge on any atom is 0.494 e. The van der Waals surface area contributed by atoms with Crippen LogP contribution < -0.4 is 5.46 Å². The third-order valence-corrected chi connectivity index (χ3v) is 4.63. The lowest BCUT2D eigenvalue weighted by Crippen LogP contribution is -2.41. The molecule has 1 heterocycles. The largest absolute Gasteiger partial charge is 0.494 e. The fourth-order valence-corrected chi connectivity index (χ4v) is 2.53. The smallest absolute Gasteiger partial charge is 0.399 e. The molecule has 23 heavy (non-hydrogen) atoms. The maximum absolute atomic E-state index is 13.3. The Kier molecular flexibility index (Phi) is 3.81. The minimum Gasteiger partial charge on any atom is -0.399 e. The standard InChI is InChI=1S/C18H19BF2O2/c1-17(2)18(3,4)23-19(22-17)14-7-5-12(6-8-14)13-9-15(20)11-16(21)10-13/h5-11H,1-4H3. The summed E-state index contributed by atoms with van der Waals surface area (Å²) in [4.78, 5) is 0. The highest BCUT2D eigenvalue weighted by atomic mass is 19.1. The van der Waals surface area contributed by atoms with Crippen LogP contribution in [0.25, 0.3) is 11.1 Å². The van der Waals surface area contributed by atoms with Gasteiger partial charge in [-0.3, -0.25) is 0 Å². The molecule has 0 unspecified atom stereocenters. The first-order valence-electron chi connectivity index (χ1n) is 7.60. The molecule has 0 radical (unpaired) electrons. The molecule has 2 aromatic rings. The number of hydrogen-bond donors (Lipinski definition) is 0. The second-order valence-corrected chi connectivity index (χ2v) is 6.87. The molecule has 0 N–H and O–H groups in total. The summed E-state index contributed by atoms with van der Waals surface area (Å²) in [6.45, 7) is 7.99. The molecule has 0 amide bonds. The summed E-state index contributed by atoms with van der Waals surface area (Å²) in [6, 6.07) is 10.8. The van der Waals surface area contributed by atoms with Gasteiger partial charge in [-0.05, 0) is 56.4 Å². The van der Waals surface area contributed by atoms with Crippen LogP contribution in [-0.2, 0) is 9.31 Å². The molecule has 0 atom stereocenters. The lowest BCUT2D eigenvalue weighted by atomic mass is 9.78. The first-order chi connectivity index (χ1) is 10.7. The summed E-state index contributed by atoms with van der Waals surface area (Å²) < 4.78 is 38.6. The topological polar surface area (TPSA) is 18.5 Å². The molecule has 0 bridgehead atoms. The maximum atomic E-state index is 13.3. The van der Waals surface area contributed by atoms with E-state index in [0.717, 1.165) is 17.1 Å². The van der Waals surface area contributed by atoms with Crippen LogP contribution in [0, 0.1) is 11.6 Å². The fourth-order valence-electron chi connectivity index (χ4n) is 2.53. The molecule has 1 saturated heterocycles. The molecule has 0 aliphatic carbocycles. The van der Waals surface area contributed by atoms with Gasteiger partial charge < -0.3 is 9.31 Å². The Morgan fingerprint density at radius 2 is 1.22 bits per heavy atom. The highest BCUT2D eigenvalue weighted by molar-refractivity contribution is 6.62. The third-order valence-electron chi connectivity index (χ3n) is 4.63. The van der Waals surface area contributed by atoms with Crippen LogP contribution in [0.1, 0.15) is 27.7 Å². The third kappa shape index (κ3) is 3.03. The van der Waals surface area contributed by atoms with Gasteiger partial charge in [0.05, 0.1) is 11.2 Å². The second-order valence-electron chi connectivity index (χ2n) is 6.87. The molecule has 2 aromatic carbocycles. The summed E-state index contributed by atoms with van der Waals surface area (Å²) in [5, 5.41) is 0. The van der Waals surface area contributed by atoms with Crippen LogP contribution in [0.5, 0.6) is 0 Å². The Labute approximate surface area is 135 Å². The van der Waals surface area contributed by atoms with Gasteiger partial charge in [-0.2, -0.15) is 0 Å². The van der Waals surface area contributed by atoms with Gasteiger partial charge in [-0.15, -0.1) is 0 Å². The Morgan fingerprint density at radius 1 is 0.739 bits per heavy atom. The van der Waals surface area contributed by atoms with Gasteiger partial charge in [0, 0.05) is 6.07 Å². The zero-order valence-electron chi connectivity index (χ0n) is 13.7. The summed E-state index contributed by atoms with van der Waals surface area (Å²) >= 11 is 0. The normalized spacial score (nSPS) is 19.1. The van der Waals surface area contributed by atoms with Crippen LogP contribution >= 0.6 is 0 Å². The molecule has 0 aromatic heterocycles. The predicted octanol–water partition coefficient (Wildman–Crippen LogP) is 3.93. The van der Waals surface area contributed by atoms with E-state index in [1.807, 2.05) is 52.0 Å². The van der Waals surface area contributed by atoms with E-state index in [1.54, 1.807) is 0 Å². The summed E-state index contributed by atoms with van der Waals surface area (Å²) in [5.74, 6) is -1.18. The summed E-state index contributed by atoms with van der Waals surface area (Å²) in [7, 11) is -0.446. The number of hydrogen-bond acceptors (Lipinski definition) is 2. The van der Waals surface area contributed by atoms with Crippen molar-refractivity contribution in [3.8, 4) is 11.1 Å². The zero-order chi connectivity index (χ0) is 16.8. The Morgan fingerprint density at radius 3 is 1.70 bits per heavy atom. The average molecular weight is 316 g/mol. The van der Waals surface area contributed by atoms with Crippen molar-refractivity contribution in [2.24, 2.45) is 0 Å². The molecule has 1 fully saturated rings. The van der Waals surface area contributed by atoms with Crippen LogP contribution in [0.2, 0.25) is 0 Å². The van der Waals surface area contributed by atoms with Gasteiger partial charge in [0.2, 0.25) is 0 Å². The first-order valence-corrected chi connectivity index (χ1v) is 7.60. The minimum absolute atomic E-state index is 0.401. The van der Waals surface area contributed by atoms with Crippen molar-refractivity contribution in [3.05, 3.63) is 54.1 Å². The van der Waals surface area contributed by atoms with Crippen LogP contribution in [0.4, 0.5) is 8.78 Å². The lowest BCUT2D eigenvalue weighted by molar-refractivity contribution is 0.00578. The Hall–Kier alpha value is -1.72.